The number of nitrogens with zero attached hydrogens (tertiary/aromatic N) is 4. The molecule has 1 aliphatic rings. The molecule has 1 aliphatic heterocycles. The van der Waals surface area contributed by atoms with Gasteiger partial charge in [0.15, 0.2) is 0 Å². The van der Waals surface area contributed by atoms with Gasteiger partial charge in [-0.1, -0.05) is 105 Å². The van der Waals surface area contributed by atoms with Crippen LogP contribution in [0.15, 0.2) is 128 Å². The van der Waals surface area contributed by atoms with Gasteiger partial charge in [-0.05, 0) is 113 Å². The van der Waals surface area contributed by atoms with Crippen molar-refractivity contribution in [2.75, 3.05) is 16.5 Å². The number of anilines is 4. The van der Waals surface area contributed by atoms with E-state index in [4.69, 9.17) is 9.72 Å². The van der Waals surface area contributed by atoms with E-state index >= 15 is 0 Å². The van der Waals surface area contributed by atoms with Crippen molar-refractivity contribution in [2.24, 2.45) is 0 Å². The van der Waals surface area contributed by atoms with Crippen LogP contribution in [0.3, 0.4) is 0 Å². The SMILES string of the molecule is CCC(C)(CC)c1ccnc(-n2c3ccccc3c3ccc(Oc4cc(N5CN(c6cccc(C(C)(C)C)c6)c6ccccc65)cc(C(C)(C)C)c4)cc32)c1. The summed E-state index contributed by atoms with van der Waals surface area (Å²) in [5, 5.41) is 2.38. The summed E-state index contributed by atoms with van der Waals surface area (Å²) in [5.41, 5.74) is 10.8. The number of rotatable bonds is 8. The zero-order valence-corrected chi connectivity index (χ0v) is 33.9. The first kappa shape index (κ1) is 36.4. The molecule has 280 valence electrons. The lowest BCUT2D eigenvalue weighted by molar-refractivity contribution is 0.438. The molecule has 0 aliphatic carbocycles. The maximum atomic E-state index is 6.90. The Morgan fingerprint density at radius 3 is 1.91 bits per heavy atom. The minimum absolute atomic E-state index is 0.0612. The molecule has 0 unspecified atom stereocenters. The Bertz CT molecular complexity index is 2530. The van der Waals surface area contributed by atoms with Crippen LogP contribution in [0.1, 0.15) is 91.8 Å². The molecule has 0 saturated heterocycles. The third-order valence-corrected chi connectivity index (χ3v) is 12.0. The highest BCUT2D eigenvalue weighted by Gasteiger charge is 2.30. The molecular formula is C50H54N4O. The largest absolute Gasteiger partial charge is 0.457 e. The highest BCUT2D eigenvalue weighted by molar-refractivity contribution is 6.09. The molecule has 0 N–H and O–H groups in total. The summed E-state index contributed by atoms with van der Waals surface area (Å²) in [7, 11) is 0. The van der Waals surface area contributed by atoms with Gasteiger partial charge in [-0.3, -0.25) is 4.57 Å². The van der Waals surface area contributed by atoms with Crippen LogP contribution in [0.5, 0.6) is 11.5 Å². The lowest BCUT2D eigenvalue weighted by Gasteiger charge is -2.27. The normalized spacial score (nSPS) is 13.5. The number of para-hydroxylation sites is 3. The predicted octanol–water partition coefficient (Wildman–Crippen LogP) is 13.9. The Morgan fingerprint density at radius 2 is 1.20 bits per heavy atom. The number of ether oxygens (including phenoxy) is 1. The number of benzene rings is 5. The van der Waals surface area contributed by atoms with Crippen LogP contribution in [0.2, 0.25) is 0 Å². The van der Waals surface area contributed by atoms with Crippen LogP contribution in [-0.4, -0.2) is 16.2 Å². The first-order valence-corrected chi connectivity index (χ1v) is 19.9. The standard InChI is InChI=1S/C50H54N4O/c1-10-50(9,11-2)35-25-26-51-47(30-35)54-43-20-13-12-19-41(43)42-24-23-39(32-46(42)54)55-40-29-36(49(6,7)8)28-38(31-40)53-33-52(44-21-14-15-22-45(44)53)37-18-16-17-34(27-37)48(3,4)5/h12-32H,10-11,33H2,1-9H3. The van der Waals surface area contributed by atoms with Crippen molar-refractivity contribution in [1.29, 1.82) is 0 Å². The fourth-order valence-electron chi connectivity index (χ4n) is 8.00. The summed E-state index contributed by atoms with van der Waals surface area (Å²) < 4.78 is 9.20. The van der Waals surface area contributed by atoms with E-state index in [1.807, 2.05) is 6.20 Å². The Labute approximate surface area is 327 Å². The van der Waals surface area contributed by atoms with Gasteiger partial charge in [-0.2, -0.15) is 0 Å². The molecule has 7 aromatic rings. The molecule has 0 amide bonds. The molecule has 0 atom stereocenters. The Balaban J connectivity index is 1.21. The van der Waals surface area contributed by atoms with Gasteiger partial charge in [0.05, 0.1) is 22.4 Å². The summed E-state index contributed by atoms with van der Waals surface area (Å²) in [5.74, 6) is 2.53. The second-order valence-corrected chi connectivity index (χ2v) is 17.6. The number of pyridine rings is 1. The molecule has 0 spiro atoms. The smallest absolute Gasteiger partial charge is 0.137 e. The van der Waals surface area contributed by atoms with Gasteiger partial charge in [0.1, 0.15) is 24.0 Å². The van der Waals surface area contributed by atoms with E-state index in [1.54, 1.807) is 0 Å². The second kappa shape index (κ2) is 13.6. The van der Waals surface area contributed by atoms with Crippen LogP contribution in [0, 0.1) is 0 Å². The second-order valence-electron chi connectivity index (χ2n) is 17.6. The van der Waals surface area contributed by atoms with E-state index in [1.165, 1.54) is 44.5 Å². The molecule has 0 radical (unpaired) electrons. The minimum Gasteiger partial charge on any atom is -0.457 e. The van der Waals surface area contributed by atoms with Gasteiger partial charge in [-0.25, -0.2) is 4.98 Å². The maximum absolute atomic E-state index is 6.90. The first-order chi connectivity index (χ1) is 26.3. The highest BCUT2D eigenvalue weighted by Crippen LogP contribution is 2.47. The van der Waals surface area contributed by atoms with Crippen LogP contribution in [-0.2, 0) is 16.2 Å². The summed E-state index contributed by atoms with van der Waals surface area (Å²) in [4.78, 5) is 9.79. The predicted molar refractivity (Wildman–Crippen MR) is 232 cm³/mol. The fraction of sp³-hybridized carbons (Fsp3) is 0.300. The average Bonchev–Trinajstić information content (AvgIpc) is 3.73. The Morgan fingerprint density at radius 1 is 0.545 bits per heavy atom. The van der Waals surface area contributed by atoms with Crippen LogP contribution < -0.4 is 14.5 Å². The lowest BCUT2D eigenvalue weighted by Crippen LogP contribution is -2.25. The zero-order chi connectivity index (χ0) is 38.7. The molecule has 3 heterocycles. The first-order valence-electron chi connectivity index (χ1n) is 19.9. The molecule has 0 fully saturated rings. The molecule has 8 rings (SSSR count). The highest BCUT2D eigenvalue weighted by atomic mass is 16.5. The van der Waals surface area contributed by atoms with Crippen molar-refractivity contribution >= 4 is 44.6 Å². The van der Waals surface area contributed by atoms with Crippen molar-refractivity contribution in [3.05, 3.63) is 144 Å². The third-order valence-electron chi connectivity index (χ3n) is 12.0. The van der Waals surface area contributed by atoms with Crippen LogP contribution in [0.25, 0.3) is 27.6 Å². The molecule has 2 aromatic heterocycles. The summed E-state index contributed by atoms with van der Waals surface area (Å²) in [6.07, 6.45) is 4.10. The van der Waals surface area contributed by atoms with E-state index in [-0.39, 0.29) is 16.2 Å². The van der Waals surface area contributed by atoms with Crippen molar-refractivity contribution in [3.8, 4) is 17.3 Å². The Kier molecular flexibility index (Phi) is 9.03. The van der Waals surface area contributed by atoms with Crippen molar-refractivity contribution in [1.82, 2.24) is 9.55 Å². The Hall–Kier alpha value is -5.55. The van der Waals surface area contributed by atoms with E-state index in [0.29, 0.717) is 6.67 Å². The summed E-state index contributed by atoms with van der Waals surface area (Å²) in [6.45, 7) is 21.2. The number of aromatic nitrogens is 2. The molecular weight excluding hydrogens is 673 g/mol. The molecule has 5 aromatic carbocycles. The number of hydrogen-bond donors (Lipinski definition) is 0. The van der Waals surface area contributed by atoms with Crippen LogP contribution in [0.4, 0.5) is 22.7 Å². The summed E-state index contributed by atoms with van der Waals surface area (Å²) >= 11 is 0. The van der Waals surface area contributed by atoms with Crippen molar-refractivity contribution in [2.45, 2.75) is 91.4 Å². The minimum atomic E-state index is -0.0906. The van der Waals surface area contributed by atoms with Gasteiger partial charge in [0.25, 0.3) is 0 Å². The van der Waals surface area contributed by atoms with E-state index < -0.39 is 0 Å². The van der Waals surface area contributed by atoms with Gasteiger partial charge >= 0.3 is 0 Å². The molecule has 55 heavy (non-hydrogen) atoms. The van der Waals surface area contributed by atoms with Crippen molar-refractivity contribution in [3.63, 3.8) is 0 Å². The molecule has 0 saturated carbocycles. The van der Waals surface area contributed by atoms with E-state index in [2.05, 4.69) is 198 Å². The molecule has 5 heteroatoms. The molecule has 0 bridgehead atoms. The van der Waals surface area contributed by atoms with E-state index in [0.717, 1.165) is 46.9 Å². The van der Waals surface area contributed by atoms with Gasteiger partial charge in [0, 0.05) is 40.5 Å². The van der Waals surface area contributed by atoms with Gasteiger partial charge in [-0.15, -0.1) is 0 Å². The maximum Gasteiger partial charge on any atom is 0.137 e. The van der Waals surface area contributed by atoms with Crippen molar-refractivity contribution < 1.29 is 4.74 Å². The monoisotopic (exact) mass is 726 g/mol. The third kappa shape index (κ3) is 6.64. The number of hydrogen-bond acceptors (Lipinski definition) is 4. The molecule has 5 nitrogen and oxygen atoms in total. The quantitative estimate of drug-likeness (QED) is 0.156. The topological polar surface area (TPSA) is 33.5 Å². The average molecular weight is 727 g/mol. The lowest BCUT2D eigenvalue weighted by atomic mass is 9.78. The van der Waals surface area contributed by atoms with Gasteiger partial charge in [0.2, 0.25) is 0 Å². The fourth-order valence-corrected chi connectivity index (χ4v) is 8.00. The van der Waals surface area contributed by atoms with E-state index in [9.17, 15) is 0 Å². The van der Waals surface area contributed by atoms with Crippen LogP contribution >= 0.6 is 0 Å². The zero-order valence-electron chi connectivity index (χ0n) is 33.9. The van der Waals surface area contributed by atoms with Gasteiger partial charge < -0.3 is 14.5 Å². The summed E-state index contributed by atoms with van der Waals surface area (Å²) in [6, 6.07) is 44.0. The number of fused-ring (bicyclic) bond motifs is 4.